The van der Waals surface area contributed by atoms with Crippen LogP contribution in [0.3, 0.4) is 0 Å². The summed E-state index contributed by atoms with van der Waals surface area (Å²) in [6.07, 6.45) is 2.89. The van der Waals surface area contributed by atoms with Crippen molar-refractivity contribution in [2.45, 2.75) is 19.6 Å². The Bertz CT molecular complexity index is 693. The van der Waals surface area contributed by atoms with Crippen LogP contribution in [0.15, 0.2) is 48.7 Å². The number of aliphatic hydroxyl groups is 1. The van der Waals surface area contributed by atoms with Gasteiger partial charge in [0.1, 0.15) is 12.4 Å². The topological polar surface area (TPSA) is 48.8 Å². The summed E-state index contributed by atoms with van der Waals surface area (Å²) in [4.78, 5) is 9.01. The highest BCUT2D eigenvalue weighted by Crippen LogP contribution is 2.24. The molecule has 0 spiro atoms. The van der Waals surface area contributed by atoms with Gasteiger partial charge in [0.15, 0.2) is 0 Å². The highest BCUT2D eigenvalue weighted by atomic mass is 16.5. The summed E-state index contributed by atoms with van der Waals surface area (Å²) in [5.74, 6) is 1.85. The first-order valence-corrected chi connectivity index (χ1v) is 9.72. The normalized spacial score (nSPS) is 20.7. The number of aliphatic hydroxyl groups excluding tert-OH is 1. The van der Waals surface area contributed by atoms with Crippen LogP contribution in [0, 0.1) is 11.8 Å². The quantitative estimate of drug-likeness (QED) is 0.775. The van der Waals surface area contributed by atoms with Crippen LogP contribution < -0.4 is 4.74 Å². The van der Waals surface area contributed by atoms with Gasteiger partial charge in [-0.25, -0.2) is 0 Å². The van der Waals surface area contributed by atoms with Crippen molar-refractivity contribution in [2.24, 2.45) is 11.8 Å². The number of hydrogen-bond donors (Lipinski definition) is 1. The zero-order valence-electron chi connectivity index (χ0n) is 16.4. The molecular weight excluding hydrogens is 338 g/mol. The molecule has 5 nitrogen and oxygen atoms in total. The fourth-order valence-electron chi connectivity index (χ4n) is 3.97. The van der Waals surface area contributed by atoms with E-state index in [-0.39, 0.29) is 6.61 Å². The Morgan fingerprint density at radius 2 is 2.00 bits per heavy atom. The lowest BCUT2D eigenvalue weighted by Gasteiger charge is -2.38. The van der Waals surface area contributed by atoms with Gasteiger partial charge in [0.2, 0.25) is 0 Å². The minimum atomic E-state index is 0.271. The summed E-state index contributed by atoms with van der Waals surface area (Å²) in [5.41, 5.74) is 2.17. The molecule has 1 saturated heterocycles. The Labute approximate surface area is 162 Å². The van der Waals surface area contributed by atoms with E-state index in [4.69, 9.17) is 4.74 Å². The van der Waals surface area contributed by atoms with Crippen LogP contribution in [-0.4, -0.2) is 60.2 Å². The fraction of sp³-hybridized carbons (Fsp3) is 0.500. The highest BCUT2D eigenvalue weighted by Gasteiger charge is 2.27. The van der Waals surface area contributed by atoms with Crippen LogP contribution in [0.2, 0.25) is 0 Å². The van der Waals surface area contributed by atoms with E-state index < -0.39 is 0 Å². The minimum Gasteiger partial charge on any atom is -0.487 e. The molecule has 2 atom stereocenters. The van der Waals surface area contributed by atoms with Gasteiger partial charge in [0, 0.05) is 39.0 Å². The summed E-state index contributed by atoms with van der Waals surface area (Å²) < 4.78 is 5.91. The molecule has 1 N–H and O–H groups in total. The third-order valence-corrected chi connectivity index (χ3v) is 5.00. The number of benzene rings is 1. The number of pyridine rings is 1. The Morgan fingerprint density at radius 3 is 2.74 bits per heavy atom. The summed E-state index contributed by atoms with van der Waals surface area (Å²) in [6, 6.07) is 14.2. The number of hydrogen-bond acceptors (Lipinski definition) is 5. The number of aromatic nitrogens is 1. The Hall–Kier alpha value is -1.95. The van der Waals surface area contributed by atoms with Crippen molar-refractivity contribution in [3.63, 3.8) is 0 Å². The van der Waals surface area contributed by atoms with Gasteiger partial charge >= 0.3 is 0 Å². The molecular formula is C22H31N3O2. The van der Waals surface area contributed by atoms with Crippen LogP contribution in [-0.2, 0) is 13.2 Å². The van der Waals surface area contributed by atoms with E-state index in [1.165, 1.54) is 5.56 Å². The largest absolute Gasteiger partial charge is 0.487 e. The van der Waals surface area contributed by atoms with Gasteiger partial charge in [-0.3, -0.25) is 9.88 Å². The maximum atomic E-state index is 9.68. The average molecular weight is 370 g/mol. The highest BCUT2D eigenvalue weighted by molar-refractivity contribution is 5.28. The monoisotopic (exact) mass is 369 g/mol. The van der Waals surface area contributed by atoms with Gasteiger partial charge in [0.25, 0.3) is 0 Å². The number of likely N-dealkylation sites (tertiary alicyclic amines) is 1. The molecule has 0 unspecified atom stereocenters. The van der Waals surface area contributed by atoms with E-state index in [0.29, 0.717) is 18.4 Å². The number of piperidine rings is 1. The third-order valence-electron chi connectivity index (χ3n) is 5.00. The molecule has 1 aliphatic rings. The minimum absolute atomic E-state index is 0.271. The number of nitrogens with zero attached hydrogens (tertiary/aromatic N) is 3. The van der Waals surface area contributed by atoms with E-state index in [9.17, 15) is 5.11 Å². The first kappa shape index (κ1) is 19.8. The smallest absolute Gasteiger partial charge is 0.130 e. The predicted molar refractivity (Wildman–Crippen MR) is 108 cm³/mol. The SMILES string of the molecule is CN(C)C[C@H]1C[C@H](CO)CN(Cc2cccc(OCc3ccccn3)c2)C1. The average Bonchev–Trinajstić information content (AvgIpc) is 2.67. The van der Waals surface area contributed by atoms with Crippen LogP contribution in [0.5, 0.6) is 5.75 Å². The van der Waals surface area contributed by atoms with E-state index in [2.05, 4.69) is 41.0 Å². The zero-order valence-corrected chi connectivity index (χ0v) is 16.4. The van der Waals surface area contributed by atoms with Crippen LogP contribution in [0.25, 0.3) is 0 Å². The van der Waals surface area contributed by atoms with E-state index >= 15 is 0 Å². The van der Waals surface area contributed by atoms with Gasteiger partial charge in [-0.05, 0) is 62.2 Å². The Kier molecular flexibility index (Phi) is 7.21. The lowest BCUT2D eigenvalue weighted by Crippen LogP contribution is -2.44. The lowest BCUT2D eigenvalue weighted by molar-refractivity contribution is 0.0692. The maximum absolute atomic E-state index is 9.68. The van der Waals surface area contributed by atoms with Gasteiger partial charge < -0.3 is 14.7 Å². The van der Waals surface area contributed by atoms with Crippen molar-refractivity contribution in [1.29, 1.82) is 0 Å². The first-order valence-electron chi connectivity index (χ1n) is 9.72. The van der Waals surface area contributed by atoms with Crippen molar-refractivity contribution >= 4 is 0 Å². The molecule has 0 aliphatic carbocycles. The molecule has 27 heavy (non-hydrogen) atoms. The molecule has 5 heteroatoms. The van der Waals surface area contributed by atoms with E-state index in [0.717, 1.165) is 44.0 Å². The standard InChI is InChI=1S/C22H31N3O2/c1-24(2)12-19-10-20(16-26)15-25(14-19)13-18-6-5-8-22(11-18)27-17-21-7-3-4-9-23-21/h3-9,11,19-20,26H,10,12-17H2,1-2H3/t19-,20+/m1/s1. The summed E-state index contributed by atoms with van der Waals surface area (Å²) >= 11 is 0. The molecule has 0 saturated carbocycles. The van der Waals surface area contributed by atoms with E-state index in [1.807, 2.05) is 30.3 Å². The van der Waals surface area contributed by atoms with Crippen LogP contribution in [0.1, 0.15) is 17.7 Å². The Balaban J connectivity index is 1.59. The summed E-state index contributed by atoms with van der Waals surface area (Å²) in [6.45, 7) is 4.74. The van der Waals surface area contributed by atoms with E-state index in [1.54, 1.807) is 6.20 Å². The van der Waals surface area contributed by atoms with Gasteiger partial charge in [-0.1, -0.05) is 18.2 Å². The third kappa shape index (κ3) is 6.31. The fourth-order valence-corrected chi connectivity index (χ4v) is 3.97. The molecule has 1 aliphatic heterocycles. The summed E-state index contributed by atoms with van der Waals surface area (Å²) in [5, 5.41) is 9.68. The van der Waals surface area contributed by atoms with Crippen molar-refractivity contribution < 1.29 is 9.84 Å². The molecule has 0 bridgehead atoms. The molecule has 2 aromatic rings. The molecule has 0 radical (unpaired) electrons. The molecule has 1 fully saturated rings. The maximum Gasteiger partial charge on any atom is 0.130 e. The second-order valence-corrected chi connectivity index (χ2v) is 7.86. The molecule has 3 rings (SSSR count). The van der Waals surface area contributed by atoms with Crippen molar-refractivity contribution in [1.82, 2.24) is 14.8 Å². The first-order chi connectivity index (χ1) is 13.1. The number of rotatable bonds is 8. The van der Waals surface area contributed by atoms with Gasteiger partial charge in [0.05, 0.1) is 5.69 Å². The van der Waals surface area contributed by atoms with Crippen LogP contribution in [0.4, 0.5) is 0 Å². The predicted octanol–water partition coefficient (Wildman–Crippen LogP) is 2.65. The van der Waals surface area contributed by atoms with Crippen LogP contribution >= 0.6 is 0 Å². The Morgan fingerprint density at radius 1 is 1.15 bits per heavy atom. The second kappa shape index (κ2) is 9.83. The molecule has 1 aromatic carbocycles. The molecule has 146 valence electrons. The van der Waals surface area contributed by atoms with Crippen molar-refractivity contribution in [3.8, 4) is 5.75 Å². The molecule has 0 amide bonds. The van der Waals surface area contributed by atoms with Crippen molar-refractivity contribution in [3.05, 3.63) is 59.9 Å². The van der Waals surface area contributed by atoms with Crippen molar-refractivity contribution in [2.75, 3.05) is 40.3 Å². The summed E-state index contributed by atoms with van der Waals surface area (Å²) in [7, 11) is 4.24. The zero-order chi connectivity index (χ0) is 19.1. The molecule has 2 heterocycles. The van der Waals surface area contributed by atoms with Gasteiger partial charge in [-0.15, -0.1) is 0 Å². The van der Waals surface area contributed by atoms with Gasteiger partial charge in [-0.2, -0.15) is 0 Å². The number of ether oxygens (including phenoxy) is 1. The lowest BCUT2D eigenvalue weighted by atomic mass is 9.89. The molecule has 1 aromatic heterocycles. The second-order valence-electron chi connectivity index (χ2n) is 7.86.